The Bertz CT molecular complexity index is 715. The Kier molecular flexibility index (Phi) is 7.12. The number of halogens is 2. The first-order chi connectivity index (χ1) is 11.9. The molecule has 2 rings (SSSR count). The molecule has 0 saturated carbocycles. The van der Waals surface area contributed by atoms with Crippen molar-refractivity contribution in [1.29, 1.82) is 0 Å². The summed E-state index contributed by atoms with van der Waals surface area (Å²) in [5, 5.41) is 3.96. The van der Waals surface area contributed by atoms with E-state index >= 15 is 0 Å². The molecule has 0 spiro atoms. The smallest absolute Gasteiger partial charge is 0.224 e. The summed E-state index contributed by atoms with van der Waals surface area (Å²) in [7, 11) is 5.58. The molecule has 0 heterocycles. The summed E-state index contributed by atoms with van der Waals surface area (Å²) in [4.78, 5) is 14.4. The average Bonchev–Trinajstić information content (AvgIpc) is 2.58. The first-order valence-electron chi connectivity index (χ1n) is 7.93. The molecule has 134 valence electrons. The molecule has 0 fully saturated rings. The van der Waals surface area contributed by atoms with Crippen LogP contribution < -0.4 is 10.1 Å². The zero-order valence-electron chi connectivity index (χ0n) is 14.6. The van der Waals surface area contributed by atoms with E-state index in [2.05, 4.69) is 5.32 Å². The SMILES string of the molecule is COc1ccccc1C(CNC(=O)Cc1c(Cl)cccc1Cl)N(C)C. The van der Waals surface area contributed by atoms with Crippen molar-refractivity contribution in [1.82, 2.24) is 10.2 Å². The van der Waals surface area contributed by atoms with Gasteiger partial charge in [0.2, 0.25) is 5.91 Å². The summed E-state index contributed by atoms with van der Waals surface area (Å²) in [6, 6.07) is 13.0. The molecule has 2 aromatic carbocycles. The highest BCUT2D eigenvalue weighted by molar-refractivity contribution is 6.36. The molecule has 4 nitrogen and oxygen atoms in total. The van der Waals surface area contributed by atoms with Gasteiger partial charge in [-0.05, 0) is 37.9 Å². The molecular formula is C19H22Cl2N2O2. The topological polar surface area (TPSA) is 41.6 Å². The minimum Gasteiger partial charge on any atom is -0.496 e. The number of amides is 1. The van der Waals surface area contributed by atoms with Crippen molar-refractivity contribution in [2.75, 3.05) is 27.7 Å². The second kappa shape index (κ2) is 9.09. The van der Waals surface area contributed by atoms with Crippen LogP contribution in [0.2, 0.25) is 10.0 Å². The number of nitrogens with zero attached hydrogens (tertiary/aromatic N) is 1. The van der Waals surface area contributed by atoms with Crippen molar-refractivity contribution >= 4 is 29.1 Å². The van der Waals surface area contributed by atoms with Gasteiger partial charge in [0.15, 0.2) is 0 Å². The maximum Gasteiger partial charge on any atom is 0.224 e. The molecule has 1 amide bonds. The third kappa shape index (κ3) is 5.11. The van der Waals surface area contributed by atoms with Crippen molar-refractivity contribution in [3.8, 4) is 5.75 Å². The molecule has 25 heavy (non-hydrogen) atoms. The molecule has 1 unspecified atom stereocenters. The summed E-state index contributed by atoms with van der Waals surface area (Å²) in [5.41, 5.74) is 1.66. The fourth-order valence-corrected chi connectivity index (χ4v) is 3.18. The lowest BCUT2D eigenvalue weighted by atomic mass is 10.0. The van der Waals surface area contributed by atoms with Crippen LogP contribution in [0.1, 0.15) is 17.2 Å². The van der Waals surface area contributed by atoms with Crippen molar-refractivity contribution in [2.45, 2.75) is 12.5 Å². The van der Waals surface area contributed by atoms with Gasteiger partial charge in [0.25, 0.3) is 0 Å². The van der Waals surface area contributed by atoms with Crippen LogP contribution in [0.25, 0.3) is 0 Å². The van der Waals surface area contributed by atoms with Gasteiger partial charge >= 0.3 is 0 Å². The number of likely N-dealkylation sites (N-methyl/N-ethyl adjacent to an activating group) is 1. The number of carbonyl (C=O) groups is 1. The molecular weight excluding hydrogens is 359 g/mol. The van der Waals surface area contributed by atoms with E-state index in [4.69, 9.17) is 27.9 Å². The first-order valence-corrected chi connectivity index (χ1v) is 8.68. The second-order valence-electron chi connectivity index (χ2n) is 5.90. The Morgan fingerprint density at radius 1 is 1.12 bits per heavy atom. The molecule has 0 aliphatic carbocycles. The van der Waals surface area contributed by atoms with Crippen LogP contribution in [0.4, 0.5) is 0 Å². The Morgan fingerprint density at radius 3 is 2.36 bits per heavy atom. The van der Waals surface area contributed by atoms with Crippen molar-refractivity contribution in [3.63, 3.8) is 0 Å². The molecule has 2 aromatic rings. The molecule has 0 bridgehead atoms. The number of benzene rings is 2. The standard InChI is InChI=1S/C19H22Cl2N2O2/c1-23(2)17(13-7-4-5-10-18(13)25-3)12-22-19(24)11-14-15(20)8-6-9-16(14)21/h4-10,17H,11-12H2,1-3H3,(H,22,24). The van der Waals surface area contributed by atoms with Crippen LogP contribution >= 0.6 is 23.2 Å². The Hall–Kier alpha value is -1.75. The lowest BCUT2D eigenvalue weighted by Gasteiger charge is -2.26. The van der Waals surface area contributed by atoms with Gasteiger partial charge in [-0.15, -0.1) is 0 Å². The number of hydrogen-bond donors (Lipinski definition) is 1. The molecule has 6 heteroatoms. The third-order valence-electron chi connectivity index (χ3n) is 4.01. The molecule has 1 N–H and O–H groups in total. The van der Waals surface area contributed by atoms with Crippen molar-refractivity contribution < 1.29 is 9.53 Å². The van der Waals surface area contributed by atoms with Gasteiger partial charge in [-0.2, -0.15) is 0 Å². The van der Waals surface area contributed by atoms with Gasteiger partial charge in [0.1, 0.15) is 5.75 Å². The maximum atomic E-state index is 12.4. The fourth-order valence-electron chi connectivity index (χ4n) is 2.65. The minimum atomic E-state index is -0.128. The Balaban J connectivity index is 2.07. The number of para-hydroxylation sites is 1. The highest BCUT2D eigenvalue weighted by Gasteiger charge is 2.19. The number of carbonyl (C=O) groups excluding carboxylic acids is 1. The number of hydrogen-bond acceptors (Lipinski definition) is 3. The Morgan fingerprint density at radius 2 is 1.76 bits per heavy atom. The highest BCUT2D eigenvalue weighted by Crippen LogP contribution is 2.28. The van der Waals surface area contributed by atoms with E-state index in [-0.39, 0.29) is 18.4 Å². The van der Waals surface area contributed by atoms with E-state index in [1.54, 1.807) is 25.3 Å². The van der Waals surface area contributed by atoms with Gasteiger partial charge in [0, 0.05) is 22.2 Å². The summed E-state index contributed by atoms with van der Waals surface area (Å²) in [5.74, 6) is 0.668. The predicted octanol–water partition coefficient (Wildman–Crippen LogP) is 3.96. The summed E-state index contributed by atoms with van der Waals surface area (Å²) in [6.45, 7) is 0.453. The number of rotatable bonds is 7. The number of ether oxygens (including phenoxy) is 1. The largest absolute Gasteiger partial charge is 0.496 e. The van der Waals surface area contributed by atoms with Crippen LogP contribution in [0.15, 0.2) is 42.5 Å². The molecule has 0 aliphatic heterocycles. The monoisotopic (exact) mass is 380 g/mol. The fraction of sp³-hybridized carbons (Fsp3) is 0.316. The zero-order chi connectivity index (χ0) is 18.4. The quantitative estimate of drug-likeness (QED) is 0.789. The molecule has 1 atom stereocenters. The normalized spacial score (nSPS) is 12.1. The van der Waals surface area contributed by atoms with Crippen LogP contribution in [0.5, 0.6) is 5.75 Å². The number of methoxy groups -OCH3 is 1. The van der Waals surface area contributed by atoms with Crippen LogP contribution in [0, 0.1) is 0 Å². The molecule has 0 aliphatic rings. The number of nitrogens with one attached hydrogen (secondary N) is 1. The van der Waals surface area contributed by atoms with Crippen molar-refractivity contribution in [2.24, 2.45) is 0 Å². The molecule has 0 saturated heterocycles. The van der Waals surface area contributed by atoms with Crippen LogP contribution in [0.3, 0.4) is 0 Å². The average molecular weight is 381 g/mol. The van der Waals surface area contributed by atoms with E-state index < -0.39 is 0 Å². The van der Waals surface area contributed by atoms with Gasteiger partial charge in [-0.1, -0.05) is 47.5 Å². The Labute approximate surface area is 158 Å². The first kappa shape index (κ1) is 19.6. The van der Waals surface area contributed by atoms with Gasteiger partial charge in [-0.3, -0.25) is 4.79 Å². The third-order valence-corrected chi connectivity index (χ3v) is 4.72. The van der Waals surface area contributed by atoms with E-state index in [0.717, 1.165) is 11.3 Å². The van der Waals surface area contributed by atoms with Gasteiger partial charge in [0.05, 0.1) is 19.6 Å². The lowest BCUT2D eigenvalue weighted by molar-refractivity contribution is -0.120. The van der Waals surface area contributed by atoms with Crippen LogP contribution in [-0.2, 0) is 11.2 Å². The van der Waals surface area contributed by atoms with Gasteiger partial charge < -0.3 is 15.0 Å². The molecule has 0 radical (unpaired) electrons. The summed E-state index contributed by atoms with van der Waals surface area (Å²) < 4.78 is 5.44. The minimum absolute atomic E-state index is 0.0122. The lowest BCUT2D eigenvalue weighted by Crippen LogP contribution is -2.35. The highest BCUT2D eigenvalue weighted by atomic mass is 35.5. The van der Waals surface area contributed by atoms with E-state index in [1.165, 1.54) is 0 Å². The maximum absolute atomic E-state index is 12.4. The van der Waals surface area contributed by atoms with Crippen molar-refractivity contribution in [3.05, 3.63) is 63.6 Å². The van der Waals surface area contributed by atoms with E-state index in [1.807, 2.05) is 43.3 Å². The zero-order valence-corrected chi connectivity index (χ0v) is 16.1. The van der Waals surface area contributed by atoms with Crippen LogP contribution in [-0.4, -0.2) is 38.6 Å². The summed E-state index contributed by atoms with van der Waals surface area (Å²) >= 11 is 12.3. The van der Waals surface area contributed by atoms with E-state index in [0.29, 0.717) is 22.2 Å². The predicted molar refractivity (Wildman–Crippen MR) is 103 cm³/mol. The second-order valence-corrected chi connectivity index (χ2v) is 6.72. The van der Waals surface area contributed by atoms with E-state index in [9.17, 15) is 4.79 Å². The van der Waals surface area contributed by atoms with Gasteiger partial charge in [-0.25, -0.2) is 0 Å². The molecule has 0 aromatic heterocycles. The summed E-state index contributed by atoms with van der Waals surface area (Å²) in [6.07, 6.45) is 0.143.